The van der Waals surface area contributed by atoms with Gasteiger partial charge in [0.05, 0.1) is 17.7 Å². The lowest BCUT2D eigenvalue weighted by Gasteiger charge is -2.37. The van der Waals surface area contributed by atoms with E-state index < -0.39 is 24.3 Å². The summed E-state index contributed by atoms with van der Waals surface area (Å²) in [6, 6.07) is 8.10. The molecule has 2 aromatic rings. The fourth-order valence-electron chi connectivity index (χ4n) is 3.97. The number of nitrogens with zero attached hydrogens (tertiary/aromatic N) is 3. The molecule has 2 N–H and O–H groups in total. The van der Waals surface area contributed by atoms with E-state index in [1.54, 1.807) is 17.5 Å². The highest BCUT2D eigenvalue weighted by Crippen LogP contribution is 2.42. The molecule has 2 aliphatic heterocycles. The van der Waals surface area contributed by atoms with Gasteiger partial charge in [0.25, 0.3) is 0 Å². The number of carbonyl (C=O) groups is 3. The third kappa shape index (κ3) is 9.28. The molecule has 0 saturated carbocycles. The van der Waals surface area contributed by atoms with Crippen LogP contribution in [0, 0.1) is 5.41 Å². The van der Waals surface area contributed by atoms with Gasteiger partial charge in [0.2, 0.25) is 5.91 Å². The lowest BCUT2D eigenvalue weighted by atomic mass is 9.77. The highest BCUT2D eigenvalue weighted by atomic mass is 32.1. The maximum atomic E-state index is 13.0. The first-order valence-electron chi connectivity index (χ1n) is 11.2. The molecular formula is C23H25F6N3O5S. The first-order valence-corrected chi connectivity index (χ1v) is 12.1. The maximum Gasteiger partial charge on any atom is 0.490 e. The van der Waals surface area contributed by atoms with E-state index in [4.69, 9.17) is 19.8 Å². The molecule has 0 radical (unpaired) electrons. The minimum absolute atomic E-state index is 0.111. The zero-order valence-electron chi connectivity index (χ0n) is 19.8. The van der Waals surface area contributed by atoms with E-state index in [-0.39, 0.29) is 5.41 Å². The van der Waals surface area contributed by atoms with Crippen LogP contribution in [0.3, 0.4) is 0 Å². The number of piperidine rings is 1. The molecule has 0 aliphatic carbocycles. The van der Waals surface area contributed by atoms with Crippen molar-refractivity contribution in [3.63, 3.8) is 0 Å². The fraction of sp³-hybridized carbons (Fsp3) is 0.478. The predicted octanol–water partition coefficient (Wildman–Crippen LogP) is 4.42. The number of pyridine rings is 1. The number of alkyl halides is 6. The number of aliphatic carboxylic acids is 2. The van der Waals surface area contributed by atoms with Crippen molar-refractivity contribution in [2.24, 2.45) is 5.41 Å². The second-order valence-electron chi connectivity index (χ2n) is 8.59. The van der Waals surface area contributed by atoms with Crippen LogP contribution in [-0.2, 0) is 27.5 Å². The molecule has 2 aliphatic rings. The Morgan fingerprint density at radius 1 is 0.921 bits per heavy atom. The number of thiophene rings is 1. The van der Waals surface area contributed by atoms with Gasteiger partial charge in [-0.15, -0.1) is 0 Å². The number of hydrogen-bond acceptors (Lipinski definition) is 6. The molecule has 4 rings (SSSR count). The van der Waals surface area contributed by atoms with E-state index in [0.29, 0.717) is 12.5 Å². The standard InChI is InChI=1S/C19H23N3OS.2C2HF3O2/c23-18-19(7-11-22(18)14-17-3-1-2-8-20-17)5-9-21(10-6-19)13-16-4-12-24-15-16;2*3-2(4,5)1(6)7/h1-4,8,12,15H,5-7,9-11,13-14H2;2*(H,6,7). The summed E-state index contributed by atoms with van der Waals surface area (Å²) in [7, 11) is 0. The highest BCUT2D eigenvalue weighted by molar-refractivity contribution is 7.07. The molecule has 1 amide bonds. The molecule has 15 heteroatoms. The maximum absolute atomic E-state index is 13.0. The quantitative estimate of drug-likeness (QED) is 0.525. The Morgan fingerprint density at radius 2 is 1.47 bits per heavy atom. The molecule has 8 nitrogen and oxygen atoms in total. The van der Waals surface area contributed by atoms with E-state index in [1.165, 1.54) is 5.56 Å². The zero-order valence-corrected chi connectivity index (χ0v) is 20.7. The van der Waals surface area contributed by atoms with Gasteiger partial charge in [-0.3, -0.25) is 14.7 Å². The Bertz CT molecular complexity index is 1030. The van der Waals surface area contributed by atoms with Crippen LogP contribution in [0.2, 0.25) is 0 Å². The van der Waals surface area contributed by atoms with Gasteiger partial charge in [0.1, 0.15) is 0 Å². The molecular weight excluding hydrogens is 544 g/mol. The Kier molecular flexibility index (Phi) is 10.6. The van der Waals surface area contributed by atoms with Crippen molar-refractivity contribution in [1.82, 2.24) is 14.8 Å². The minimum Gasteiger partial charge on any atom is -0.475 e. The van der Waals surface area contributed by atoms with Crippen LogP contribution in [0.4, 0.5) is 26.3 Å². The van der Waals surface area contributed by atoms with E-state index >= 15 is 0 Å². The molecule has 210 valence electrons. The van der Waals surface area contributed by atoms with Gasteiger partial charge in [-0.1, -0.05) is 6.07 Å². The van der Waals surface area contributed by atoms with Crippen molar-refractivity contribution in [3.8, 4) is 0 Å². The summed E-state index contributed by atoms with van der Waals surface area (Å²) in [5, 5.41) is 18.6. The molecule has 1 spiro atoms. The van der Waals surface area contributed by atoms with Gasteiger partial charge >= 0.3 is 24.3 Å². The molecule has 0 unspecified atom stereocenters. The van der Waals surface area contributed by atoms with Crippen molar-refractivity contribution in [2.45, 2.75) is 44.7 Å². The Morgan fingerprint density at radius 3 is 1.92 bits per heavy atom. The van der Waals surface area contributed by atoms with Gasteiger partial charge < -0.3 is 15.1 Å². The lowest BCUT2D eigenvalue weighted by molar-refractivity contribution is -0.193. The minimum atomic E-state index is -5.08. The summed E-state index contributed by atoms with van der Waals surface area (Å²) in [4.78, 5) is 39.6. The molecule has 0 aromatic carbocycles. The van der Waals surface area contributed by atoms with E-state index in [2.05, 4.69) is 26.7 Å². The Hall–Kier alpha value is -3.20. The summed E-state index contributed by atoms with van der Waals surface area (Å²) in [6.45, 7) is 4.60. The van der Waals surface area contributed by atoms with Crippen LogP contribution >= 0.6 is 11.3 Å². The lowest BCUT2D eigenvalue weighted by Crippen LogP contribution is -2.44. The van der Waals surface area contributed by atoms with Crippen molar-refractivity contribution in [3.05, 3.63) is 52.5 Å². The summed E-state index contributed by atoms with van der Waals surface area (Å²) in [5.41, 5.74) is 2.27. The monoisotopic (exact) mass is 569 g/mol. The van der Waals surface area contributed by atoms with Crippen LogP contribution in [0.5, 0.6) is 0 Å². The normalized spacial score (nSPS) is 17.3. The third-order valence-electron chi connectivity index (χ3n) is 5.96. The largest absolute Gasteiger partial charge is 0.490 e. The van der Waals surface area contributed by atoms with Crippen molar-refractivity contribution in [2.75, 3.05) is 19.6 Å². The van der Waals surface area contributed by atoms with Crippen molar-refractivity contribution >= 4 is 29.2 Å². The predicted molar refractivity (Wildman–Crippen MR) is 123 cm³/mol. The summed E-state index contributed by atoms with van der Waals surface area (Å²) < 4.78 is 63.5. The van der Waals surface area contributed by atoms with E-state index in [1.807, 2.05) is 23.1 Å². The van der Waals surface area contributed by atoms with Gasteiger partial charge in [0, 0.05) is 19.3 Å². The number of aromatic nitrogens is 1. The zero-order chi connectivity index (χ0) is 28.6. The Labute approximate surface area is 217 Å². The van der Waals surface area contributed by atoms with Gasteiger partial charge in [-0.25, -0.2) is 9.59 Å². The molecule has 2 fully saturated rings. The number of amides is 1. The van der Waals surface area contributed by atoms with Gasteiger partial charge in [0.15, 0.2) is 0 Å². The third-order valence-corrected chi connectivity index (χ3v) is 6.70. The van der Waals surface area contributed by atoms with Crippen LogP contribution in [-0.4, -0.2) is 74.8 Å². The first kappa shape index (κ1) is 31.0. The molecule has 0 atom stereocenters. The Balaban J connectivity index is 0.000000301. The highest BCUT2D eigenvalue weighted by Gasteiger charge is 2.48. The molecule has 4 heterocycles. The molecule has 2 saturated heterocycles. The molecule has 2 aromatic heterocycles. The SMILES string of the molecule is O=C(O)C(F)(F)F.O=C(O)C(F)(F)F.O=C1N(Cc2ccccn2)CCC12CCN(Cc1ccsc1)CC2. The number of likely N-dealkylation sites (tertiary alicyclic amines) is 2. The second-order valence-corrected chi connectivity index (χ2v) is 9.37. The van der Waals surface area contributed by atoms with Crippen LogP contribution in [0.1, 0.15) is 30.5 Å². The molecule has 38 heavy (non-hydrogen) atoms. The number of rotatable bonds is 4. The average molecular weight is 570 g/mol. The number of carbonyl (C=O) groups excluding carboxylic acids is 1. The molecule has 0 bridgehead atoms. The van der Waals surface area contributed by atoms with Crippen LogP contribution < -0.4 is 0 Å². The number of hydrogen-bond donors (Lipinski definition) is 2. The first-order chi connectivity index (χ1) is 17.6. The number of carboxylic acid groups (broad SMARTS) is 2. The van der Waals surface area contributed by atoms with Crippen LogP contribution in [0.15, 0.2) is 41.2 Å². The smallest absolute Gasteiger partial charge is 0.475 e. The second kappa shape index (κ2) is 13.0. The van der Waals surface area contributed by atoms with E-state index in [0.717, 1.165) is 51.1 Å². The topological polar surface area (TPSA) is 111 Å². The van der Waals surface area contributed by atoms with Gasteiger partial charge in [-0.05, 0) is 66.9 Å². The number of carboxylic acids is 2. The summed E-state index contributed by atoms with van der Waals surface area (Å²) in [5.74, 6) is -5.16. The van der Waals surface area contributed by atoms with E-state index in [9.17, 15) is 31.1 Å². The summed E-state index contributed by atoms with van der Waals surface area (Å²) in [6.07, 6.45) is -5.37. The van der Waals surface area contributed by atoms with Crippen molar-refractivity contribution < 1.29 is 50.9 Å². The van der Waals surface area contributed by atoms with Crippen LogP contribution in [0.25, 0.3) is 0 Å². The fourth-order valence-corrected chi connectivity index (χ4v) is 4.63. The van der Waals surface area contributed by atoms with Crippen molar-refractivity contribution in [1.29, 1.82) is 0 Å². The van der Waals surface area contributed by atoms with Gasteiger partial charge in [-0.2, -0.15) is 37.7 Å². The summed E-state index contributed by atoms with van der Waals surface area (Å²) >= 11 is 1.76. The average Bonchev–Trinajstić information content (AvgIpc) is 3.45. The number of halogens is 6.